The zero-order valence-corrected chi connectivity index (χ0v) is 7.29. The molecule has 0 heterocycles. The van der Waals surface area contributed by atoms with E-state index < -0.39 is 5.79 Å². The molecule has 0 aromatic heterocycles. The minimum Gasteiger partial charge on any atom is -0.376 e. The highest BCUT2D eigenvalue weighted by Gasteiger charge is 2.25. The number of rotatable bonds is 6. The summed E-state index contributed by atoms with van der Waals surface area (Å²) in [6.45, 7) is 6.59. The molecule has 0 fully saturated rings. The molecule has 4 nitrogen and oxygen atoms in total. The largest absolute Gasteiger partial charge is 0.376 e. The minimum atomic E-state index is -1.02. The van der Waals surface area contributed by atoms with Crippen LogP contribution in [-0.4, -0.2) is 30.9 Å². The lowest BCUT2D eigenvalue weighted by molar-refractivity contribution is -0.405. The van der Waals surface area contributed by atoms with Gasteiger partial charge in [0.2, 0.25) is 5.79 Å². The molecule has 0 bridgehead atoms. The van der Waals surface area contributed by atoms with Gasteiger partial charge in [0.25, 0.3) is 0 Å². The molecule has 1 N–H and O–H groups in total. The lowest BCUT2D eigenvalue weighted by atomic mass is 10.3. The molecule has 0 saturated heterocycles. The van der Waals surface area contributed by atoms with Gasteiger partial charge in [0.1, 0.15) is 6.61 Å². The molecule has 68 valence electrons. The van der Waals surface area contributed by atoms with Gasteiger partial charge in [-0.2, -0.15) is 0 Å². The zero-order chi connectivity index (χ0) is 8.74. The molecule has 0 rings (SSSR count). The monoisotopic (exact) mass is 164 g/mol. The third kappa shape index (κ3) is 4.31. The van der Waals surface area contributed by atoms with Crippen LogP contribution in [0.5, 0.6) is 0 Å². The van der Waals surface area contributed by atoms with E-state index in [4.69, 9.17) is 14.7 Å². The molecular weight excluding hydrogens is 148 g/mol. The van der Waals surface area contributed by atoms with E-state index >= 15 is 0 Å². The van der Waals surface area contributed by atoms with Gasteiger partial charge in [-0.3, -0.25) is 0 Å². The summed E-state index contributed by atoms with van der Waals surface area (Å²) in [5.41, 5.74) is 0. The Morgan fingerprint density at radius 3 is 2.27 bits per heavy atom. The number of hydrogen-bond donors (Lipinski definition) is 1. The Labute approximate surface area is 67.0 Å². The average molecular weight is 164 g/mol. The van der Waals surface area contributed by atoms with Crippen LogP contribution in [0.15, 0.2) is 0 Å². The van der Waals surface area contributed by atoms with Crippen molar-refractivity contribution < 1.29 is 19.6 Å². The molecule has 0 aliphatic carbocycles. The number of hydrogen-bond acceptors (Lipinski definition) is 4. The lowest BCUT2D eigenvalue weighted by Crippen LogP contribution is -2.36. The number of ether oxygens (including phenoxy) is 2. The highest BCUT2D eigenvalue weighted by atomic mass is 17.1. The van der Waals surface area contributed by atoms with Gasteiger partial charge < -0.3 is 9.47 Å². The van der Waals surface area contributed by atoms with Gasteiger partial charge in [-0.05, 0) is 20.8 Å². The van der Waals surface area contributed by atoms with E-state index in [9.17, 15) is 0 Å². The molecule has 0 saturated carbocycles. The Bertz CT molecular complexity index is 96.4. The van der Waals surface area contributed by atoms with Crippen molar-refractivity contribution >= 4 is 0 Å². The molecular formula is C7H16O4. The van der Waals surface area contributed by atoms with E-state index in [1.54, 1.807) is 6.92 Å². The first-order chi connectivity index (χ1) is 5.18. The molecule has 0 aliphatic rings. The summed E-state index contributed by atoms with van der Waals surface area (Å²) in [5, 5.41) is 8.44. The summed E-state index contributed by atoms with van der Waals surface area (Å²) < 4.78 is 10.1. The predicted octanol–water partition coefficient (Wildman–Crippen LogP) is 1.27. The quantitative estimate of drug-likeness (QED) is 0.365. The first kappa shape index (κ1) is 10.8. The summed E-state index contributed by atoms with van der Waals surface area (Å²) in [7, 11) is 0. The van der Waals surface area contributed by atoms with Crippen molar-refractivity contribution in [1.29, 1.82) is 0 Å². The second-order valence-corrected chi connectivity index (χ2v) is 2.30. The Hall–Kier alpha value is -0.160. The lowest BCUT2D eigenvalue weighted by Gasteiger charge is -2.24. The highest BCUT2D eigenvalue weighted by molar-refractivity contribution is 4.58. The maximum Gasteiger partial charge on any atom is 0.222 e. The Balaban J connectivity index is 3.68. The van der Waals surface area contributed by atoms with E-state index in [1.807, 2.05) is 13.8 Å². The van der Waals surface area contributed by atoms with Crippen LogP contribution in [0.1, 0.15) is 20.8 Å². The van der Waals surface area contributed by atoms with E-state index in [-0.39, 0.29) is 6.61 Å². The van der Waals surface area contributed by atoms with Gasteiger partial charge in [-0.15, -0.1) is 0 Å². The third-order valence-corrected chi connectivity index (χ3v) is 1.21. The van der Waals surface area contributed by atoms with Crippen molar-refractivity contribution in [2.24, 2.45) is 0 Å². The van der Waals surface area contributed by atoms with Crippen molar-refractivity contribution in [3.05, 3.63) is 0 Å². The SMILES string of the molecule is CCOCC(C)(OO)OCC. The summed E-state index contributed by atoms with van der Waals surface area (Å²) >= 11 is 0. The van der Waals surface area contributed by atoms with Gasteiger partial charge in [-0.25, -0.2) is 10.1 Å². The van der Waals surface area contributed by atoms with Crippen LogP contribution in [0, 0.1) is 0 Å². The highest BCUT2D eigenvalue weighted by Crippen LogP contribution is 2.10. The Morgan fingerprint density at radius 2 is 1.91 bits per heavy atom. The Morgan fingerprint density at radius 1 is 1.27 bits per heavy atom. The first-order valence-electron chi connectivity index (χ1n) is 3.72. The van der Waals surface area contributed by atoms with Crippen LogP contribution >= 0.6 is 0 Å². The van der Waals surface area contributed by atoms with Gasteiger partial charge in [0, 0.05) is 13.2 Å². The predicted molar refractivity (Wildman–Crippen MR) is 40.2 cm³/mol. The van der Waals surface area contributed by atoms with Crippen molar-refractivity contribution in [3.63, 3.8) is 0 Å². The molecule has 0 aromatic rings. The van der Waals surface area contributed by atoms with Crippen LogP contribution in [0.25, 0.3) is 0 Å². The second kappa shape index (κ2) is 5.49. The fourth-order valence-corrected chi connectivity index (χ4v) is 0.687. The van der Waals surface area contributed by atoms with Crippen molar-refractivity contribution in [2.75, 3.05) is 19.8 Å². The third-order valence-electron chi connectivity index (χ3n) is 1.21. The summed E-state index contributed by atoms with van der Waals surface area (Å²) in [4.78, 5) is 4.13. The molecule has 0 radical (unpaired) electrons. The summed E-state index contributed by atoms with van der Waals surface area (Å²) in [6, 6.07) is 0. The van der Waals surface area contributed by atoms with Crippen molar-refractivity contribution in [1.82, 2.24) is 0 Å². The molecule has 11 heavy (non-hydrogen) atoms. The van der Waals surface area contributed by atoms with Gasteiger partial charge >= 0.3 is 0 Å². The van der Waals surface area contributed by atoms with Crippen LogP contribution in [0.4, 0.5) is 0 Å². The van der Waals surface area contributed by atoms with Gasteiger partial charge in [0.05, 0.1) is 0 Å². The molecule has 1 atom stereocenters. The minimum absolute atomic E-state index is 0.230. The van der Waals surface area contributed by atoms with E-state index in [2.05, 4.69) is 4.89 Å². The Kier molecular flexibility index (Phi) is 5.41. The van der Waals surface area contributed by atoms with E-state index in [0.29, 0.717) is 13.2 Å². The molecule has 0 spiro atoms. The van der Waals surface area contributed by atoms with Crippen LogP contribution in [0.3, 0.4) is 0 Å². The van der Waals surface area contributed by atoms with E-state index in [1.165, 1.54) is 0 Å². The molecule has 0 aromatic carbocycles. The van der Waals surface area contributed by atoms with Gasteiger partial charge in [0.15, 0.2) is 0 Å². The van der Waals surface area contributed by atoms with Crippen LogP contribution in [0.2, 0.25) is 0 Å². The average Bonchev–Trinajstić information content (AvgIpc) is 2.02. The zero-order valence-electron chi connectivity index (χ0n) is 7.29. The fourth-order valence-electron chi connectivity index (χ4n) is 0.687. The maximum atomic E-state index is 8.44. The van der Waals surface area contributed by atoms with Crippen LogP contribution < -0.4 is 0 Å². The standard InChI is InChI=1S/C7H16O4/c1-4-9-6-7(3,11-8)10-5-2/h8H,4-6H2,1-3H3. The maximum absolute atomic E-state index is 8.44. The molecule has 4 heteroatoms. The molecule has 0 aliphatic heterocycles. The smallest absolute Gasteiger partial charge is 0.222 e. The van der Waals surface area contributed by atoms with Gasteiger partial charge in [-0.1, -0.05) is 0 Å². The molecule has 0 amide bonds. The second-order valence-electron chi connectivity index (χ2n) is 2.30. The fraction of sp³-hybridized carbons (Fsp3) is 1.00. The van der Waals surface area contributed by atoms with Crippen molar-refractivity contribution in [2.45, 2.75) is 26.6 Å². The van der Waals surface area contributed by atoms with Crippen molar-refractivity contribution in [3.8, 4) is 0 Å². The first-order valence-corrected chi connectivity index (χ1v) is 3.72. The summed E-state index contributed by atoms with van der Waals surface area (Å²) in [6.07, 6.45) is 0. The molecule has 1 unspecified atom stereocenters. The van der Waals surface area contributed by atoms with E-state index in [0.717, 1.165) is 0 Å². The normalized spacial score (nSPS) is 16.4. The summed E-state index contributed by atoms with van der Waals surface area (Å²) in [5.74, 6) is -1.02. The topological polar surface area (TPSA) is 47.9 Å². The van der Waals surface area contributed by atoms with Crippen LogP contribution in [-0.2, 0) is 14.4 Å².